The molecule has 2 aliphatic rings. The SMILES string of the molecule is CC(C)c1cc(C(=O)N2CCC(CCNCC(=O)OC3CCCCC3)CC2)c(O)cc1O. The molecule has 0 radical (unpaired) electrons. The van der Waals surface area contributed by atoms with E-state index in [1.807, 2.05) is 13.8 Å². The molecule has 0 spiro atoms. The lowest BCUT2D eigenvalue weighted by atomic mass is 9.92. The van der Waals surface area contributed by atoms with Gasteiger partial charge in [-0.2, -0.15) is 0 Å². The molecule has 1 heterocycles. The van der Waals surface area contributed by atoms with Gasteiger partial charge in [0.25, 0.3) is 5.91 Å². The molecule has 1 aromatic rings. The molecular weight excluding hydrogens is 408 g/mol. The summed E-state index contributed by atoms with van der Waals surface area (Å²) in [7, 11) is 0. The van der Waals surface area contributed by atoms with E-state index in [2.05, 4.69) is 5.32 Å². The van der Waals surface area contributed by atoms with Crippen molar-refractivity contribution in [3.8, 4) is 11.5 Å². The topological polar surface area (TPSA) is 99.1 Å². The number of phenols is 2. The first-order valence-corrected chi connectivity index (χ1v) is 12.1. The van der Waals surface area contributed by atoms with E-state index in [4.69, 9.17) is 4.74 Å². The second kappa shape index (κ2) is 11.5. The van der Waals surface area contributed by atoms with Gasteiger partial charge in [-0.15, -0.1) is 0 Å². The van der Waals surface area contributed by atoms with Crippen LogP contribution in [0.4, 0.5) is 0 Å². The standard InChI is InChI=1S/C25H38N2O5/c1-17(2)20-14-21(23(29)15-22(20)28)25(31)27-12-9-18(10-13-27)8-11-26-16-24(30)32-19-6-4-3-5-7-19/h14-15,17-19,26,28-29H,3-13,16H2,1-2H3. The van der Waals surface area contributed by atoms with Crippen LogP contribution in [0.5, 0.6) is 11.5 Å². The number of piperidine rings is 1. The van der Waals surface area contributed by atoms with Crippen LogP contribution < -0.4 is 5.32 Å². The molecule has 7 nitrogen and oxygen atoms in total. The van der Waals surface area contributed by atoms with Gasteiger partial charge in [0.15, 0.2) is 0 Å². The first-order chi connectivity index (χ1) is 15.3. The number of benzene rings is 1. The molecule has 7 heteroatoms. The second-order valence-corrected chi connectivity index (χ2v) is 9.53. The zero-order valence-electron chi connectivity index (χ0n) is 19.4. The summed E-state index contributed by atoms with van der Waals surface area (Å²) in [5, 5.41) is 23.4. The minimum atomic E-state index is -0.188. The summed E-state index contributed by atoms with van der Waals surface area (Å²) in [5.74, 6) is 0.0466. The largest absolute Gasteiger partial charge is 0.508 e. The van der Waals surface area contributed by atoms with Crippen molar-refractivity contribution in [1.29, 1.82) is 0 Å². The number of ether oxygens (including phenoxy) is 1. The Morgan fingerprint density at radius 2 is 1.75 bits per heavy atom. The first-order valence-electron chi connectivity index (χ1n) is 12.1. The highest BCUT2D eigenvalue weighted by molar-refractivity contribution is 5.97. The number of amides is 1. The Hall–Kier alpha value is -2.28. The third-order valence-corrected chi connectivity index (χ3v) is 6.75. The van der Waals surface area contributed by atoms with E-state index in [1.165, 1.54) is 12.5 Å². The zero-order valence-corrected chi connectivity index (χ0v) is 19.4. The fourth-order valence-electron chi connectivity index (χ4n) is 4.73. The van der Waals surface area contributed by atoms with Crippen LogP contribution in [0.3, 0.4) is 0 Å². The predicted octanol–water partition coefficient (Wildman–Crippen LogP) is 3.93. The molecule has 3 N–H and O–H groups in total. The van der Waals surface area contributed by atoms with Gasteiger partial charge in [-0.05, 0) is 75.0 Å². The third kappa shape index (κ3) is 6.61. The number of nitrogens with one attached hydrogen (secondary N) is 1. The van der Waals surface area contributed by atoms with Crippen molar-refractivity contribution in [2.24, 2.45) is 5.92 Å². The average Bonchev–Trinajstić information content (AvgIpc) is 2.77. The number of aromatic hydroxyl groups is 2. The fraction of sp³-hybridized carbons (Fsp3) is 0.680. The van der Waals surface area contributed by atoms with E-state index in [-0.39, 0.29) is 47.5 Å². The summed E-state index contributed by atoms with van der Waals surface area (Å²) in [6, 6.07) is 2.88. The first kappa shape index (κ1) is 24.4. The molecule has 0 unspecified atom stereocenters. The van der Waals surface area contributed by atoms with Crippen LogP contribution in [0.2, 0.25) is 0 Å². The van der Waals surface area contributed by atoms with E-state index in [0.29, 0.717) is 24.6 Å². The lowest BCUT2D eigenvalue weighted by molar-refractivity contribution is -0.149. The molecule has 1 saturated heterocycles. The quantitative estimate of drug-likeness (QED) is 0.413. The number of carbonyl (C=O) groups excluding carboxylic acids is 2. The van der Waals surface area contributed by atoms with Crippen molar-refractivity contribution in [3.63, 3.8) is 0 Å². The van der Waals surface area contributed by atoms with E-state index >= 15 is 0 Å². The summed E-state index contributed by atoms with van der Waals surface area (Å²) in [6.07, 6.45) is 8.38. The van der Waals surface area contributed by atoms with Crippen molar-refractivity contribution in [1.82, 2.24) is 10.2 Å². The number of carbonyl (C=O) groups is 2. The van der Waals surface area contributed by atoms with E-state index < -0.39 is 0 Å². The van der Waals surface area contributed by atoms with Crippen LogP contribution in [0, 0.1) is 5.92 Å². The molecule has 1 aliphatic heterocycles. The fourth-order valence-corrected chi connectivity index (χ4v) is 4.73. The maximum absolute atomic E-state index is 12.9. The van der Waals surface area contributed by atoms with Crippen LogP contribution >= 0.6 is 0 Å². The lowest BCUT2D eigenvalue weighted by Crippen LogP contribution is -2.39. The second-order valence-electron chi connectivity index (χ2n) is 9.53. The van der Waals surface area contributed by atoms with Crippen molar-refractivity contribution in [3.05, 3.63) is 23.3 Å². The van der Waals surface area contributed by atoms with Gasteiger partial charge in [-0.1, -0.05) is 20.3 Å². The molecule has 0 atom stereocenters. The Balaban J connectivity index is 1.38. The normalized spacial score (nSPS) is 18.2. The van der Waals surface area contributed by atoms with Crippen LogP contribution in [0.1, 0.15) is 87.1 Å². The maximum atomic E-state index is 12.9. The van der Waals surface area contributed by atoms with Gasteiger partial charge in [0.2, 0.25) is 0 Å². The minimum absolute atomic E-state index is 0.0166. The van der Waals surface area contributed by atoms with Gasteiger partial charge in [-0.3, -0.25) is 9.59 Å². The van der Waals surface area contributed by atoms with Crippen molar-refractivity contribution < 1.29 is 24.5 Å². The predicted molar refractivity (Wildman–Crippen MR) is 123 cm³/mol. The van der Waals surface area contributed by atoms with Gasteiger partial charge in [0.05, 0.1) is 12.1 Å². The van der Waals surface area contributed by atoms with E-state index in [1.54, 1.807) is 11.0 Å². The number of rotatable bonds is 8. The highest BCUT2D eigenvalue weighted by atomic mass is 16.5. The minimum Gasteiger partial charge on any atom is -0.508 e. The number of phenolic OH excluding ortho intramolecular Hbond substituents is 2. The van der Waals surface area contributed by atoms with Crippen molar-refractivity contribution in [2.75, 3.05) is 26.2 Å². The summed E-state index contributed by atoms with van der Waals surface area (Å²) in [6.45, 7) is 6.18. The molecule has 0 aromatic heterocycles. The Morgan fingerprint density at radius 1 is 1.06 bits per heavy atom. The molecule has 1 aliphatic carbocycles. The number of esters is 1. The maximum Gasteiger partial charge on any atom is 0.320 e. The van der Waals surface area contributed by atoms with Crippen molar-refractivity contribution >= 4 is 11.9 Å². The monoisotopic (exact) mass is 446 g/mol. The highest BCUT2D eigenvalue weighted by Crippen LogP contribution is 2.33. The summed E-state index contributed by atoms with van der Waals surface area (Å²) < 4.78 is 5.52. The Kier molecular flexibility index (Phi) is 8.79. The Labute approximate surface area is 191 Å². The number of hydrogen-bond donors (Lipinski definition) is 3. The number of hydrogen-bond acceptors (Lipinski definition) is 6. The van der Waals surface area contributed by atoms with Gasteiger partial charge < -0.3 is 25.2 Å². The van der Waals surface area contributed by atoms with Gasteiger partial charge in [0, 0.05) is 19.2 Å². The van der Waals surface area contributed by atoms with Crippen molar-refractivity contribution in [2.45, 2.75) is 77.2 Å². The molecule has 1 amide bonds. The molecule has 32 heavy (non-hydrogen) atoms. The van der Waals surface area contributed by atoms with Crippen LogP contribution in [-0.4, -0.2) is 59.3 Å². The average molecular weight is 447 g/mol. The van der Waals surface area contributed by atoms with Gasteiger partial charge in [-0.25, -0.2) is 0 Å². The third-order valence-electron chi connectivity index (χ3n) is 6.75. The Morgan fingerprint density at radius 3 is 2.41 bits per heavy atom. The molecule has 178 valence electrons. The number of likely N-dealkylation sites (tertiary alicyclic amines) is 1. The van der Waals surface area contributed by atoms with E-state index in [9.17, 15) is 19.8 Å². The molecule has 2 fully saturated rings. The molecule has 1 aromatic carbocycles. The zero-order chi connectivity index (χ0) is 23.1. The lowest BCUT2D eigenvalue weighted by Gasteiger charge is -2.32. The Bertz CT molecular complexity index is 781. The van der Waals surface area contributed by atoms with Gasteiger partial charge in [0.1, 0.15) is 17.6 Å². The van der Waals surface area contributed by atoms with Gasteiger partial charge >= 0.3 is 5.97 Å². The summed E-state index contributed by atoms with van der Waals surface area (Å²) >= 11 is 0. The molecular formula is C25H38N2O5. The van der Waals surface area contributed by atoms with Crippen LogP contribution in [0.15, 0.2) is 12.1 Å². The smallest absolute Gasteiger partial charge is 0.320 e. The highest BCUT2D eigenvalue weighted by Gasteiger charge is 2.26. The summed E-state index contributed by atoms with van der Waals surface area (Å²) in [4.78, 5) is 26.7. The summed E-state index contributed by atoms with van der Waals surface area (Å²) in [5.41, 5.74) is 0.914. The molecule has 3 rings (SSSR count). The number of nitrogens with zero attached hydrogens (tertiary/aromatic N) is 1. The van der Waals surface area contributed by atoms with Crippen LogP contribution in [0.25, 0.3) is 0 Å². The van der Waals surface area contributed by atoms with E-state index in [0.717, 1.165) is 51.5 Å². The van der Waals surface area contributed by atoms with Crippen LogP contribution in [-0.2, 0) is 9.53 Å². The molecule has 0 bridgehead atoms. The molecule has 1 saturated carbocycles.